The Morgan fingerprint density at radius 3 is 2.25 bits per heavy atom. The SMILES string of the molecule is Nc1ccn(C[C@H]2O[C@@H](COP(=O)(O)P(=O)(O)P(=O)(O)O)[C@H](O)[C@@H]2O)c(=O)n1. The van der Waals surface area contributed by atoms with Gasteiger partial charge in [0, 0.05) is 6.20 Å². The lowest BCUT2D eigenvalue weighted by atomic mass is 10.1. The largest absolute Gasteiger partial charge is 0.422 e. The molecule has 1 aromatic rings. The maximum Gasteiger partial charge on any atom is 0.422 e. The van der Waals surface area contributed by atoms with Gasteiger partial charge in [-0.1, -0.05) is 0 Å². The number of nitrogen functional groups attached to an aromatic ring is 1. The van der Waals surface area contributed by atoms with Gasteiger partial charge in [0.15, 0.2) is 0 Å². The topological polar surface area (TPSA) is 252 Å². The molecule has 0 aromatic carbocycles. The van der Waals surface area contributed by atoms with Crippen LogP contribution in [0.4, 0.5) is 5.82 Å². The quantitative estimate of drug-likeness (QED) is 0.211. The maximum atomic E-state index is 11.7. The van der Waals surface area contributed by atoms with Crippen molar-refractivity contribution in [3.8, 4) is 0 Å². The summed E-state index contributed by atoms with van der Waals surface area (Å²) in [5.41, 5.74) is 4.57. The van der Waals surface area contributed by atoms with Crippen molar-refractivity contribution < 1.29 is 52.7 Å². The fourth-order valence-electron chi connectivity index (χ4n) is 2.28. The van der Waals surface area contributed by atoms with E-state index in [2.05, 4.69) is 9.51 Å². The Kier molecular flexibility index (Phi) is 6.71. The molecule has 1 fully saturated rings. The summed E-state index contributed by atoms with van der Waals surface area (Å²) in [5, 5.41) is 19.9. The molecule has 2 unspecified atom stereocenters. The number of anilines is 1. The molecule has 0 aliphatic carbocycles. The highest BCUT2D eigenvalue weighted by Crippen LogP contribution is 2.94. The second kappa shape index (κ2) is 8.05. The fourth-order valence-corrected chi connectivity index (χ4v) is 7.72. The summed E-state index contributed by atoms with van der Waals surface area (Å²) in [6.07, 6.45) is -4.74. The molecule has 0 radical (unpaired) electrons. The van der Waals surface area contributed by atoms with Crippen LogP contribution < -0.4 is 11.4 Å². The third-order valence-electron chi connectivity index (χ3n) is 3.81. The molecule has 8 N–H and O–H groups in total. The Hall–Kier alpha value is -0.950. The summed E-state index contributed by atoms with van der Waals surface area (Å²) >= 11 is 0. The summed E-state index contributed by atoms with van der Waals surface area (Å²) in [6, 6.07) is 1.29. The van der Waals surface area contributed by atoms with Crippen molar-refractivity contribution in [2.75, 3.05) is 12.3 Å². The average Bonchev–Trinajstić information content (AvgIpc) is 2.82. The van der Waals surface area contributed by atoms with Crippen LogP contribution in [-0.4, -0.2) is 70.4 Å². The highest BCUT2D eigenvalue weighted by molar-refractivity contribution is 8.60. The van der Waals surface area contributed by atoms with Crippen LogP contribution in [0.15, 0.2) is 17.1 Å². The number of aliphatic hydroxyl groups is 2. The first-order valence-electron chi connectivity index (χ1n) is 7.38. The maximum absolute atomic E-state index is 11.7. The van der Waals surface area contributed by atoms with E-state index in [9.17, 15) is 38.5 Å². The van der Waals surface area contributed by atoms with Gasteiger partial charge in [-0.15, -0.1) is 0 Å². The number of nitrogens with two attached hydrogens (primary N) is 1. The Labute approximate surface area is 156 Å². The number of aliphatic hydroxyl groups excluding tert-OH is 2. The van der Waals surface area contributed by atoms with E-state index in [1.165, 1.54) is 12.3 Å². The molecule has 1 aromatic heterocycles. The van der Waals surface area contributed by atoms with Crippen LogP contribution in [0.1, 0.15) is 0 Å². The van der Waals surface area contributed by atoms with Crippen molar-refractivity contribution in [1.29, 1.82) is 0 Å². The minimum absolute atomic E-state index is 0.0439. The van der Waals surface area contributed by atoms with Crippen LogP contribution in [0.5, 0.6) is 0 Å². The van der Waals surface area contributed by atoms with Crippen LogP contribution in [0.2, 0.25) is 0 Å². The van der Waals surface area contributed by atoms with E-state index >= 15 is 0 Å². The number of rotatable bonds is 7. The molecule has 2 heterocycles. The Morgan fingerprint density at radius 2 is 1.71 bits per heavy atom. The number of hydrogen-bond acceptors (Lipinski definition) is 10. The second-order valence-corrected chi connectivity index (χ2v) is 16.4. The standard InChI is InChI=1S/C10H18N3O12P3/c11-7-1-2-13(10(16)12-7)3-5-8(14)9(15)6(25-5)4-24-27(20,21)28(22,23)26(17,18)19/h1-2,5-6,8-9,14-15H,3-4H2,(H,20,21)(H,22,23)(H2,11,12,16)(H2,17,18,19)/t5-,6+,8-,9+/m1/s1. The molecule has 0 bridgehead atoms. The molecular formula is C10H18N3O12P3. The van der Waals surface area contributed by atoms with E-state index in [0.29, 0.717) is 0 Å². The lowest BCUT2D eigenvalue weighted by Gasteiger charge is -2.21. The summed E-state index contributed by atoms with van der Waals surface area (Å²) in [6.45, 7) is -7.31. The van der Waals surface area contributed by atoms with Crippen molar-refractivity contribution >= 4 is 27.1 Å². The molecule has 1 saturated heterocycles. The van der Waals surface area contributed by atoms with E-state index < -0.39 is 58.0 Å². The third-order valence-corrected chi connectivity index (χ3v) is 14.1. The first-order valence-corrected chi connectivity index (χ1v) is 13.6. The highest BCUT2D eigenvalue weighted by atomic mass is 32.5. The number of nitrogens with zero attached hydrogens (tertiary/aromatic N) is 2. The van der Waals surface area contributed by atoms with Gasteiger partial charge < -0.3 is 40.3 Å². The lowest BCUT2D eigenvalue weighted by molar-refractivity contribution is -0.0225. The molecule has 28 heavy (non-hydrogen) atoms. The molecule has 160 valence electrons. The van der Waals surface area contributed by atoms with Gasteiger partial charge >= 0.3 is 27.0 Å². The smallest absolute Gasteiger partial charge is 0.388 e. The Bertz CT molecular complexity index is 930. The normalized spacial score (nSPS) is 29.9. The van der Waals surface area contributed by atoms with Gasteiger partial charge in [-0.2, -0.15) is 4.98 Å². The molecule has 0 spiro atoms. The van der Waals surface area contributed by atoms with E-state index in [0.717, 1.165) is 4.57 Å². The van der Waals surface area contributed by atoms with Gasteiger partial charge in [0.05, 0.1) is 13.2 Å². The van der Waals surface area contributed by atoms with Crippen molar-refractivity contribution in [2.24, 2.45) is 0 Å². The zero-order chi connectivity index (χ0) is 21.5. The van der Waals surface area contributed by atoms with Gasteiger partial charge in [0.1, 0.15) is 30.2 Å². The van der Waals surface area contributed by atoms with Gasteiger partial charge in [0.25, 0.3) is 0 Å². The minimum atomic E-state index is -5.96. The molecule has 18 heteroatoms. The Morgan fingerprint density at radius 1 is 1.14 bits per heavy atom. The van der Waals surface area contributed by atoms with Crippen molar-refractivity contribution in [2.45, 2.75) is 31.0 Å². The molecule has 15 nitrogen and oxygen atoms in total. The zero-order valence-electron chi connectivity index (χ0n) is 13.8. The lowest BCUT2D eigenvalue weighted by Crippen LogP contribution is -2.37. The average molecular weight is 465 g/mol. The van der Waals surface area contributed by atoms with Crippen LogP contribution in [-0.2, 0) is 29.5 Å². The van der Waals surface area contributed by atoms with Crippen LogP contribution in [0.3, 0.4) is 0 Å². The van der Waals surface area contributed by atoms with Gasteiger partial charge in [-0.25, -0.2) is 13.9 Å². The van der Waals surface area contributed by atoms with Crippen LogP contribution in [0, 0.1) is 0 Å². The monoisotopic (exact) mass is 465 g/mol. The number of ether oxygens (including phenoxy) is 1. The van der Waals surface area contributed by atoms with E-state index in [4.69, 9.17) is 20.3 Å². The van der Waals surface area contributed by atoms with Crippen molar-refractivity contribution in [3.63, 3.8) is 0 Å². The summed E-state index contributed by atoms with van der Waals surface area (Å²) in [7, 11) is -11.6. The second-order valence-electron chi connectivity index (χ2n) is 5.79. The third kappa shape index (κ3) is 4.61. The molecule has 1 aliphatic heterocycles. The number of aromatic nitrogens is 2. The van der Waals surface area contributed by atoms with Crippen molar-refractivity contribution in [1.82, 2.24) is 9.55 Å². The molecule has 1 aliphatic rings. The molecule has 2 rings (SSSR count). The van der Waals surface area contributed by atoms with Crippen LogP contribution in [0.25, 0.3) is 0 Å². The molecule has 0 saturated carbocycles. The molecule has 0 amide bonds. The van der Waals surface area contributed by atoms with Crippen LogP contribution >= 0.6 is 21.3 Å². The summed E-state index contributed by atoms with van der Waals surface area (Å²) in [4.78, 5) is 51.3. The van der Waals surface area contributed by atoms with E-state index in [-0.39, 0.29) is 12.4 Å². The summed E-state index contributed by atoms with van der Waals surface area (Å²) < 4.78 is 44.7. The van der Waals surface area contributed by atoms with Gasteiger partial charge in [0.2, 0.25) is 0 Å². The van der Waals surface area contributed by atoms with Gasteiger partial charge in [-0.3, -0.25) is 13.7 Å². The van der Waals surface area contributed by atoms with E-state index in [1.807, 2.05) is 0 Å². The van der Waals surface area contributed by atoms with Crippen molar-refractivity contribution in [3.05, 3.63) is 22.7 Å². The fraction of sp³-hybridized carbons (Fsp3) is 0.600. The van der Waals surface area contributed by atoms with E-state index in [1.54, 1.807) is 0 Å². The molecular weight excluding hydrogens is 447 g/mol. The first kappa shape index (κ1) is 23.3. The predicted octanol–water partition coefficient (Wildman–Crippen LogP) is -2.21. The predicted molar refractivity (Wildman–Crippen MR) is 91.2 cm³/mol. The highest BCUT2D eigenvalue weighted by Gasteiger charge is 2.58. The molecule has 6 atom stereocenters. The zero-order valence-corrected chi connectivity index (χ0v) is 16.5. The first-order chi connectivity index (χ1) is 12.7. The Balaban J connectivity index is 2.08. The summed E-state index contributed by atoms with van der Waals surface area (Å²) in [5.74, 6) is -0.0439. The van der Waals surface area contributed by atoms with Gasteiger partial charge in [-0.05, 0) is 6.07 Å². The number of hydrogen-bond donors (Lipinski definition) is 7. The minimum Gasteiger partial charge on any atom is -0.388 e.